The fourth-order valence-electron chi connectivity index (χ4n) is 0. The minimum absolute atomic E-state index is 0. The standard InChI is InChI=1S/C3H8.7C2H6.22CH4/c1-3-2;7*1-2;;;;;;;;;;;;;;;;;;;;;;/h3H2,1-2H3;7*1-2H3;22*1H4. The van der Waals surface area contributed by atoms with E-state index in [2.05, 4.69) is 13.8 Å². The first-order chi connectivity index (χ1) is 8.41. The number of hydrogen-bond donors (Lipinski definition) is 0. The van der Waals surface area contributed by atoms with Crippen LogP contribution in [0.15, 0.2) is 0 Å². The van der Waals surface area contributed by atoms with Gasteiger partial charge in [0.15, 0.2) is 0 Å². The van der Waals surface area contributed by atoms with E-state index in [1.165, 1.54) is 6.42 Å². The second-order valence-electron chi connectivity index (χ2n) is 0.707. The Hall–Kier alpha value is 0. The van der Waals surface area contributed by atoms with E-state index >= 15 is 0 Å². The maximum absolute atomic E-state index is 2.12. The first-order valence-corrected chi connectivity index (χ1v) is 8.41. The van der Waals surface area contributed by atoms with E-state index in [1.54, 1.807) is 0 Å². The molecule has 0 aromatic heterocycles. The van der Waals surface area contributed by atoms with Crippen LogP contribution in [-0.2, 0) is 0 Å². The SMILES string of the molecule is C.C.C.C.C.C.C.C.C.C.C.C.C.C.C.C.C.C.C.C.C.C.CC.CC.CC.CC.CC.CC.CC.CCC. The highest BCUT2D eigenvalue weighted by atomic mass is 13.4. The Morgan fingerprint density at radius 2 is 0.154 bits per heavy atom. The third kappa shape index (κ3) is 0. The maximum atomic E-state index is 2.12. The molecular formula is C39H138. The van der Waals surface area contributed by atoms with Crippen LogP contribution in [0.25, 0.3) is 0 Å². The van der Waals surface area contributed by atoms with Gasteiger partial charge >= 0.3 is 0 Å². The lowest BCUT2D eigenvalue weighted by molar-refractivity contribution is 1.09. The molecule has 0 saturated heterocycles. The van der Waals surface area contributed by atoms with Crippen molar-refractivity contribution in [1.82, 2.24) is 0 Å². The second kappa shape index (κ2) is 52000. The van der Waals surface area contributed by atoms with Gasteiger partial charge in [-0.1, -0.05) is 281 Å². The highest BCUT2D eigenvalue weighted by Gasteiger charge is 1.35. The third-order valence-electron chi connectivity index (χ3n) is 0. The summed E-state index contributed by atoms with van der Waals surface area (Å²) in [5.41, 5.74) is 0. The molecule has 0 aliphatic heterocycles. The van der Waals surface area contributed by atoms with E-state index < -0.39 is 0 Å². The molecule has 0 aromatic rings. The molecule has 0 aromatic carbocycles. The van der Waals surface area contributed by atoms with Crippen molar-refractivity contribution in [2.45, 2.75) is 281 Å². The minimum Gasteiger partial charge on any atom is -0.0776 e. The third-order valence-corrected chi connectivity index (χ3v) is 0. The predicted molar refractivity (Wildman–Crippen MR) is 243 cm³/mol. The van der Waals surface area contributed by atoms with Crippen LogP contribution in [0.4, 0.5) is 0 Å². The summed E-state index contributed by atoms with van der Waals surface area (Å²) in [6, 6.07) is 0. The first kappa shape index (κ1) is 695. The molecule has 0 unspecified atom stereocenters. The van der Waals surface area contributed by atoms with Gasteiger partial charge in [-0.3, -0.25) is 0 Å². The average Bonchev–Trinajstić information content (AvgIpc) is 2.53. The van der Waals surface area contributed by atoms with E-state index in [4.69, 9.17) is 0 Å². The lowest BCUT2D eigenvalue weighted by atomic mass is 10.6. The van der Waals surface area contributed by atoms with Crippen molar-refractivity contribution in [3.05, 3.63) is 0 Å². The molecule has 0 nitrogen and oxygen atoms in total. The van der Waals surface area contributed by atoms with Crippen LogP contribution < -0.4 is 0 Å². The van der Waals surface area contributed by atoms with Crippen LogP contribution in [0.1, 0.15) is 281 Å². The minimum atomic E-state index is 0. The highest BCUT2D eigenvalue weighted by Crippen LogP contribution is 1.56. The molecular weight excluding hydrogens is 468 g/mol. The zero-order valence-electron chi connectivity index (χ0n) is 16.7. The lowest BCUT2D eigenvalue weighted by Gasteiger charge is -1.48. The molecule has 0 aliphatic carbocycles. The van der Waals surface area contributed by atoms with Gasteiger partial charge in [0.05, 0.1) is 0 Å². The molecule has 0 N–H and O–H groups in total. The van der Waals surface area contributed by atoms with Crippen LogP contribution >= 0.6 is 0 Å². The largest absolute Gasteiger partial charge is 0.0776 e. The molecule has 0 fully saturated rings. The van der Waals surface area contributed by atoms with Gasteiger partial charge in [0, 0.05) is 0 Å². The Balaban J connectivity index is -0.000000000787. The zero-order chi connectivity index (χ0) is 16.7. The molecule has 0 heterocycles. The van der Waals surface area contributed by atoms with Crippen LogP contribution in [0.3, 0.4) is 0 Å². The van der Waals surface area contributed by atoms with Gasteiger partial charge in [-0.15, -0.1) is 0 Å². The van der Waals surface area contributed by atoms with Gasteiger partial charge in [0.25, 0.3) is 0 Å². The lowest BCUT2D eigenvalue weighted by Crippen LogP contribution is -1.27. The quantitative estimate of drug-likeness (QED) is 0.257. The van der Waals surface area contributed by atoms with Gasteiger partial charge in [0.2, 0.25) is 0 Å². The van der Waals surface area contributed by atoms with E-state index in [0.717, 1.165) is 0 Å². The molecule has 39 heavy (non-hydrogen) atoms. The maximum Gasteiger partial charge on any atom is -0.0590 e. The summed E-state index contributed by atoms with van der Waals surface area (Å²) < 4.78 is 0. The number of rotatable bonds is 0. The van der Waals surface area contributed by atoms with Crippen LogP contribution in [0.2, 0.25) is 0 Å². The first-order valence-electron chi connectivity index (χ1n) is 8.41. The molecule has 0 rings (SSSR count). The summed E-state index contributed by atoms with van der Waals surface area (Å²) in [6.07, 6.45) is 1.25. The van der Waals surface area contributed by atoms with Gasteiger partial charge in [0.1, 0.15) is 0 Å². The van der Waals surface area contributed by atoms with Crippen molar-refractivity contribution in [2.24, 2.45) is 0 Å². The van der Waals surface area contributed by atoms with Crippen molar-refractivity contribution in [3.63, 3.8) is 0 Å². The molecule has 0 saturated carbocycles. The molecule has 294 valence electrons. The Morgan fingerprint density at radius 1 is 0.154 bits per heavy atom. The van der Waals surface area contributed by atoms with Crippen LogP contribution in [0, 0.1) is 0 Å². The van der Waals surface area contributed by atoms with Crippen molar-refractivity contribution in [2.75, 3.05) is 0 Å². The summed E-state index contributed by atoms with van der Waals surface area (Å²) in [5, 5.41) is 0. The topological polar surface area (TPSA) is 0 Å². The summed E-state index contributed by atoms with van der Waals surface area (Å²) in [5.74, 6) is 0. The summed E-state index contributed by atoms with van der Waals surface area (Å²) in [7, 11) is 0. The average molecular weight is 608 g/mol. The van der Waals surface area contributed by atoms with Gasteiger partial charge in [-0.25, -0.2) is 0 Å². The molecule has 0 amide bonds. The predicted octanol–water partition coefficient (Wildman–Crippen LogP) is 22.6. The molecule has 0 bridgehead atoms. The smallest absolute Gasteiger partial charge is 0.0590 e. The van der Waals surface area contributed by atoms with E-state index in [9.17, 15) is 0 Å². The highest BCUT2D eigenvalue weighted by molar-refractivity contribution is 3.92. The van der Waals surface area contributed by atoms with E-state index in [-0.39, 0.29) is 163 Å². The Kier molecular flexibility index (Phi) is 927000. The van der Waals surface area contributed by atoms with Crippen molar-refractivity contribution >= 4 is 0 Å². The summed E-state index contributed by atoms with van der Waals surface area (Å²) >= 11 is 0. The normalized spacial score (nSPS) is 1.54. The van der Waals surface area contributed by atoms with Crippen molar-refractivity contribution < 1.29 is 0 Å². The van der Waals surface area contributed by atoms with Crippen molar-refractivity contribution in [1.29, 1.82) is 0 Å². The zero-order valence-corrected chi connectivity index (χ0v) is 16.7. The number of hydrogen-bond acceptors (Lipinski definition) is 0. The monoisotopic (exact) mass is 607 g/mol. The molecule has 0 atom stereocenters. The molecule has 0 spiro atoms. The van der Waals surface area contributed by atoms with E-state index in [1.807, 2.05) is 96.9 Å². The Morgan fingerprint density at radius 3 is 0.154 bits per heavy atom. The van der Waals surface area contributed by atoms with Gasteiger partial charge in [-0.05, 0) is 0 Å². The van der Waals surface area contributed by atoms with Gasteiger partial charge < -0.3 is 0 Å². The summed E-state index contributed by atoms with van der Waals surface area (Å²) in [4.78, 5) is 0. The van der Waals surface area contributed by atoms with Crippen LogP contribution in [0.5, 0.6) is 0 Å². The molecule has 0 radical (unpaired) electrons. The fourth-order valence-corrected chi connectivity index (χ4v) is 0. The Bertz CT molecular complexity index is 0. The molecule has 0 aliphatic rings. The van der Waals surface area contributed by atoms with Gasteiger partial charge in [-0.2, -0.15) is 0 Å². The van der Waals surface area contributed by atoms with Crippen LogP contribution in [-0.4, -0.2) is 0 Å². The fraction of sp³-hybridized carbons (Fsp3) is 1.00. The van der Waals surface area contributed by atoms with E-state index in [0.29, 0.717) is 0 Å². The Labute approximate surface area is 280 Å². The molecule has 0 heteroatoms. The van der Waals surface area contributed by atoms with Crippen molar-refractivity contribution in [3.8, 4) is 0 Å². The summed E-state index contributed by atoms with van der Waals surface area (Å²) in [6.45, 7) is 32.2. The second-order valence-corrected chi connectivity index (χ2v) is 0.707.